The summed E-state index contributed by atoms with van der Waals surface area (Å²) in [5, 5.41) is 14.0. The molecule has 0 unspecified atom stereocenters. The van der Waals surface area contributed by atoms with Crippen LogP contribution in [0.5, 0.6) is 0 Å². The maximum Gasteiger partial charge on any atom is 0.272 e. The van der Waals surface area contributed by atoms with E-state index in [1.807, 2.05) is 32.6 Å². The summed E-state index contributed by atoms with van der Waals surface area (Å²) in [7, 11) is 0. The second kappa shape index (κ2) is 5.35. The average molecular weight is 307 g/mol. The van der Waals surface area contributed by atoms with Crippen LogP contribution in [-0.4, -0.2) is 51.5 Å². The maximum absolute atomic E-state index is 12.9. The highest BCUT2D eigenvalue weighted by Gasteiger charge is 2.43. The number of nitrogens with zero attached hydrogens (tertiary/aromatic N) is 3. The molecule has 0 bridgehead atoms. The molecule has 3 rings (SSSR count). The van der Waals surface area contributed by atoms with Gasteiger partial charge in [0.2, 0.25) is 0 Å². The highest BCUT2D eigenvalue weighted by atomic mass is 16.5. The van der Waals surface area contributed by atoms with E-state index >= 15 is 0 Å². The lowest BCUT2D eigenvalue weighted by Gasteiger charge is -2.47. The van der Waals surface area contributed by atoms with Gasteiger partial charge in [-0.1, -0.05) is 6.92 Å². The number of carbonyl (C=O) groups excluding carboxylic acids is 1. The first-order valence-electron chi connectivity index (χ1n) is 8.03. The number of rotatable bonds is 3. The van der Waals surface area contributed by atoms with Gasteiger partial charge >= 0.3 is 0 Å². The molecular formula is C16H25N3O3. The van der Waals surface area contributed by atoms with Crippen molar-refractivity contribution in [3.8, 4) is 0 Å². The van der Waals surface area contributed by atoms with Crippen molar-refractivity contribution in [1.82, 2.24) is 14.7 Å². The molecular weight excluding hydrogens is 282 g/mol. The van der Waals surface area contributed by atoms with Crippen LogP contribution in [0.15, 0.2) is 0 Å². The summed E-state index contributed by atoms with van der Waals surface area (Å²) in [6, 6.07) is 0. The van der Waals surface area contributed by atoms with Gasteiger partial charge in [-0.3, -0.25) is 9.48 Å². The molecule has 0 aromatic carbocycles. The van der Waals surface area contributed by atoms with Gasteiger partial charge in [0.05, 0.1) is 24.5 Å². The van der Waals surface area contributed by atoms with Crippen molar-refractivity contribution in [3.63, 3.8) is 0 Å². The number of aliphatic hydroxyl groups is 1. The number of fused-ring (bicyclic) bond motifs is 1. The second-order valence-corrected chi connectivity index (χ2v) is 6.95. The van der Waals surface area contributed by atoms with Crippen LogP contribution in [0.4, 0.5) is 0 Å². The van der Waals surface area contributed by atoms with Crippen molar-refractivity contribution in [2.24, 2.45) is 5.41 Å². The number of carbonyl (C=O) groups is 1. The Morgan fingerprint density at radius 2 is 2.14 bits per heavy atom. The topological polar surface area (TPSA) is 67.6 Å². The van der Waals surface area contributed by atoms with E-state index < -0.39 is 0 Å². The van der Waals surface area contributed by atoms with E-state index in [0.29, 0.717) is 25.3 Å². The third-order valence-corrected chi connectivity index (χ3v) is 4.71. The van der Waals surface area contributed by atoms with Crippen LogP contribution in [0.2, 0.25) is 0 Å². The molecule has 6 heteroatoms. The van der Waals surface area contributed by atoms with Gasteiger partial charge in [-0.15, -0.1) is 0 Å². The van der Waals surface area contributed by atoms with Crippen LogP contribution in [0, 0.1) is 5.41 Å². The number of aromatic nitrogens is 2. The van der Waals surface area contributed by atoms with Crippen LogP contribution in [0.3, 0.4) is 0 Å². The molecule has 6 nitrogen and oxygen atoms in total. The fourth-order valence-electron chi connectivity index (χ4n) is 3.53. The highest BCUT2D eigenvalue weighted by Crippen LogP contribution is 2.35. The van der Waals surface area contributed by atoms with Gasteiger partial charge in [0.25, 0.3) is 5.91 Å². The van der Waals surface area contributed by atoms with Crippen molar-refractivity contribution in [2.45, 2.75) is 52.9 Å². The zero-order chi connectivity index (χ0) is 16.1. The van der Waals surface area contributed by atoms with Crippen LogP contribution in [-0.2, 0) is 17.7 Å². The predicted molar refractivity (Wildman–Crippen MR) is 81.7 cm³/mol. The van der Waals surface area contributed by atoms with Gasteiger partial charge in [-0.05, 0) is 20.8 Å². The van der Waals surface area contributed by atoms with Crippen molar-refractivity contribution in [2.75, 3.05) is 19.7 Å². The van der Waals surface area contributed by atoms with E-state index in [9.17, 15) is 9.90 Å². The Hall–Kier alpha value is -1.40. The monoisotopic (exact) mass is 307 g/mol. The maximum atomic E-state index is 12.9. The van der Waals surface area contributed by atoms with Crippen molar-refractivity contribution in [1.29, 1.82) is 0 Å². The second-order valence-electron chi connectivity index (χ2n) is 6.95. The average Bonchev–Trinajstić information content (AvgIpc) is 2.81. The smallest absolute Gasteiger partial charge is 0.272 e. The summed E-state index contributed by atoms with van der Waals surface area (Å²) >= 11 is 0. The van der Waals surface area contributed by atoms with E-state index in [1.165, 1.54) is 0 Å². The lowest BCUT2D eigenvalue weighted by molar-refractivity contribution is -0.0166. The molecule has 122 valence electrons. The zero-order valence-electron chi connectivity index (χ0n) is 13.8. The highest BCUT2D eigenvalue weighted by molar-refractivity contribution is 5.95. The largest absolute Gasteiger partial charge is 0.396 e. The predicted octanol–water partition coefficient (Wildman–Crippen LogP) is 1.38. The molecule has 1 aromatic heterocycles. The van der Waals surface area contributed by atoms with Crippen molar-refractivity contribution < 1.29 is 14.6 Å². The lowest BCUT2D eigenvalue weighted by Crippen LogP contribution is -2.59. The van der Waals surface area contributed by atoms with Gasteiger partial charge < -0.3 is 14.7 Å². The number of likely N-dealkylation sites (tertiary alicyclic amines) is 1. The van der Waals surface area contributed by atoms with E-state index in [4.69, 9.17) is 4.74 Å². The fourth-order valence-corrected chi connectivity index (χ4v) is 3.53. The summed E-state index contributed by atoms with van der Waals surface area (Å²) in [5.74, 6) is 0.0304. The Balaban J connectivity index is 1.92. The Bertz CT molecular complexity index is 590. The van der Waals surface area contributed by atoms with Gasteiger partial charge in [0.15, 0.2) is 0 Å². The molecule has 22 heavy (non-hydrogen) atoms. The van der Waals surface area contributed by atoms with Crippen LogP contribution < -0.4 is 0 Å². The van der Waals surface area contributed by atoms with Crippen molar-refractivity contribution >= 4 is 5.91 Å². The van der Waals surface area contributed by atoms with E-state index in [1.54, 1.807) is 4.68 Å². The number of hydrogen-bond acceptors (Lipinski definition) is 4. The molecule has 1 aromatic rings. The van der Waals surface area contributed by atoms with E-state index in [-0.39, 0.29) is 30.1 Å². The van der Waals surface area contributed by atoms with Crippen LogP contribution in [0.1, 0.15) is 55.5 Å². The molecule has 2 aliphatic heterocycles. The first-order valence-corrected chi connectivity index (χ1v) is 8.03. The SMILES string of the molecule is CCn1nc2c(c1C(=O)N1CC(C)(CO)C1)C[C@H](C)O[C@@H]2C. The Morgan fingerprint density at radius 1 is 1.45 bits per heavy atom. The molecule has 1 amide bonds. The van der Waals surface area contributed by atoms with Crippen molar-refractivity contribution in [3.05, 3.63) is 17.0 Å². The summed E-state index contributed by atoms with van der Waals surface area (Å²) < 4.78 is 7.63. The Labute approximate surface area is 131 Å². The molecule has 3 heterocycles. The van der Waals surface area contributed by atoms with Gasteiger partial charge in [0.1, 0.15) is 5.69 Å². The summed E-state index contributed by atoms with van der Waals surface area (Å²) in [4.78, 5) is 14.7. The first kappa shape index (κ1) is 15.5. The molecule has 1 saturated heterocycles. The zero-order valence-corrected chi connectivity index (χ0v) is 13.8. The Kier molecular flexibility index (Phi) is 3.77. The number of aliphatic hydroxyl groups excluding tert-OH is 1. The van der Waals surface area contributed by atoms with Crippen LogP contribution in [0.25, 0.3) is 0 Å². The van der Waals surface area contributed by atoms with E-state index in [0.717, 1.165) is 17.7 Å². The van der Waals surface area contributed by atoms with Gasteiger partial charge in [-0.2, -0.15) is 5.10 Å². The third kappa shape index (κ3) is 2.34. The molecule has 2 aliphatic rings. The standard InChI is InChI=1S/C16H25N3O3/c1-5-19-14(15(21)18-7-16(4,8-18)9-20)12-6-10(2)22-11(3)13(12)17-19/h10-11,20H,5-9H2,1-4H3/t10-,11+/m0/s1. The minimum Gasteiger partial charge on any atom is -0.396 e. The third-order valence-electron chi connectivity index (χ3n) is 4.71. The molecule has 1 N–H and O–H groups in total. The molecule has 0 spiro atoms. The molecule has 0 aliphatic carbocycles. The molecule has 1 fully saturated rings. The molecule has 2 atom stereocenters. The van der Waals surface area contributed by atoms with Gasteiger partial charge in [0, 0.05) is 37.0 Å². The number of aryl methyl sites for hydroxylation is 1. The van der Waals surface area contributed by atoms with Gasteiger partial charge in [-0.25, -0.2) is 0 Å². The number of amides is 1. The minimum atomic E-state index is -0.156. The van der Waals surface area contributed by atoms with E-state index in [2.05, 4.69) is 5.10 Å². The Morgan fingerprint density at radius 3 is 2.73 bits per heavy atom. The minimum absolute atomic E-state index is 0.0304. The summed E-state index contributed by atoms with van der Waals surface area (Å²) in [6.07, 6.45) is 0.756. The first-order chi connectivity index (χ1) is 10.4. The number of hydrogen-bond donors (Lipinski definition) is 1. The molecule has 0 radical (unpaired) electrons. The van der Waals surface area contributed by atoms with Crippen LogP contribution >= 0.6 is 0 Å². The lowest BCUT2D eigenvalue weighted by atomic mass is 9.82. The summed E-state index contributed by atoms with van der Waals surface area (Å²) in [5.41, 5.74) is 2.49. The normalized spacial score (nSPS) is 26.5. The quantitative estimate of drug-likeness (QED) is 0.916. The fraction of sp³-hybridized carbons (Fsp3) is 0.750. The number of ether oxygens (including phenoxy) is 1. The summed E-state index contributed by atoms with van der Waals surface area (Å²) in [6.45, 7) is 10.0. The molecule has 0 saturated carbocycles.